The number of hydrogen-bond acceptors (Lipinski definition) is 4. The molecule has 7 heteroatoms. The summed E-state index contributed by atoms with van der Waals surface area (Å²) in [5, 5.41) is 15.5. The van der Waals surface area contributed by atoms with Crippen LogP contribution in [-0.2, 0) is 17.7 Å². The fraction of sp³-hybridized carbons (Fsp3) is 0.480. The van der Waals surface area contributed by atoms with E-state index < -0.39 is 11.4 Å². The van der Waals surface area contributed by atoms with Crippen LogP contribution < -0.4 is 5.43 Å². The van der Waals surface area contributed by atoms with Gasteiger partial charge in [0.1, 0.15) is 5.56 Å². The molecule has 1 aromatic carbocycles. The van der Waals surface area contributed by atoms with Gasteiger partial charge in [-0.2, -0.15) is 5.10 Å². The third-order valence-electron chi connectivity index (χ3n) is 6.99. The smallest absolute Gasteiger partial charge is 0.341 e. The van der Waals surface area contributed by atoms with E-state index in [0.29, 0.717) is 6.54 Å². The second-order valence-electron chi connectivity index (χ2n) is 10.7. The van der Waals surface area contributed by atoms with Gasteiger partial charge in [0.15, 0.2) is 5.43 Å². The zero-order valence-corrected chi connectivity index (χ0v) is 19.0. The molecule has 1 fully saturated rings. The molecule has 0 saturated carbocycles. The number of hydrogen-bond donors (Lipinski definition) is 1. The molecule has 32 heavy (non-hydrogen) atoms. The Kier molecular flexibility index (Phi) is 4.60. The Labute approximate surface area is 186 Å². The second kappa shape index (κ2) is 7.04. The Morgan fingerprint density at radius 2 is 2.06 bits per heavy atom. The fourth-order valence-electron chi connectivity index (χ4n) is 4.95. The van der Waals surface area contributed by atoms with E-state index in [1.807, 2.05) is 21.4 Å². The summed E-state index contributed by atoms with van der Waals surface area (Å²) < 4.78 is 9.39. The number of carboxylic acids is 1. The highest BCUT2D eigenvalue weighted by Gasteiger charge is 2.36. The number of carbonyl (C=O) groups is 1. The maximum atomic E-state index is 12.6. The van der Waals surface area contributed by atoms with Crippen molar-refractivity contribution in [2.45, 2.75) is 53.1 Å². The maximum Gasteiger partial charge on any atom is 0.341 e. The van der Waals surface area contributed by atoms with Gasteiger partial charge in [-0.05, 0) is 23.8 Å². The number of ether oxygens (including phenoxy) is 1. The molecule has 1 atom stereocenters. The van der Waals surface area contributed by atoms with E-state index in [2.05, 4.69) is 33.8 Å². The average Bonchev–Trinajstić information content (AvgIpc) is 3.08. The maximum absolute atomic E-state index is 12.6. The Morgan fingerprint density at radius 3 is 2.69 bits per heavy atom. The lowest BCUT2D eigenvalue weighted by Crippen LogP contribution is -2.39. The van der Waals surface area contributed by atoms with Gasteiger partial charge in [0.05, 0.1) is 42.7 Å². The Bertz CT molecular complexity index is 1290. The molecule has 7 nitrogen and oxygen atoms in total. The van der Waals surface area contributed by atoms with Crippen molar-refractivity contribution in [1.82, 2.24) is 14.3 Å². The summed E-state index contributed by atoms with van der Waals surface area (Å²) in [4.78, 5) is 24.3. The Balaban J connectivity index is 1.68. The second-order valence-corrected chi connectivity index (χ2v) is 10.7. The number of fused-ring (bicyclic) bond motifs is 5. The monoisotopic (exact) mass is 435 g/mol. The third kappa shape index (κ3) is 3.26. The minimum Gasteiger partial charge on any atom is -0.477 e. The van der Waals surface area contributed by atoms with Crippen molar-refractivity contribution in [2.24, 2.45) is 10.8 Å². The van der Waals surface area contributed by atoms with E-state index in [1.54, 1.807) is 0 Å². The first kappa shape index (κ1) is 20.9. The lowest BCUT2D eigenvalue weighted by molar-refractivity contribution is -0.105. The molecule has 5 rings (SSSR count). The molecule has 1 unspecified atom stereocenters. The Morgan fingerprint density at radius 1 is 1.31 bits per heavy atom. The number of aryl methyl sites for hydroxylation is 1. The number of pyridine rings is 1. The molecule has 0 aliphatic carbocycles. The Hall–Kier alpha value is -2.93. The number of aromatic carboxylic acids is 1. The number of carboxylic acid groups (broad SMARTS) is 1. The molecule has 4 heterocycles. The summed E-state index contributed by atoms with van der Waals surface area (Å²) in [6.07, 6.45) is 3.47. The van der Waals surface area contributed by atoms with Crippen LogP contribution in [0, 0.1) is 10.8 Å². The zero-order valence-electron chi connectivity index (χ0n) is 19.0. The fourth-order valence-corrected chi connectivity index (χ4v) is 4.95. The molecule has 2 aliphatic heterocycles. The van der Waals surface area contributed by atoms with Crippen molar-refractivity contribution in [2.75, 3.05) is 13.2 Å². The van der Waals surface area contributed by atoms with E-state index in [4.69, 9.17) is 9.84 Å². The van der Waals surface area contributed by atoms with Crippen LogP contribution in [0.5, 0.6) is 0 Å². The topological polar surface area (TPSA) is 86.4 Å². The van der Waals surface area contributed by atoms with Gasteiger partial charge in [0.2, 0.25) is 0 Å². The molecular formula is C25H29N3O4. The van der Waals surface area contributed by atoms with Gasteiger partial charge in [-0.1, -0.05) is 45.9 Å². The van der Waals surface area contributed by atoms with Crippen molar-refractivity contribution in [3.05, 3.63) is 51.8 Å². The molecular weight excluding hydrogens is 406 g/mol. The van der Waals surface area contributed by atoms with Crippen molar-refractivity contribution in [1.29, 1.82) is 0 Å². The van der Waals surface area contributed by atoms with Gasteiger partial charge in [0, 0.05) is 23.1 Å². The highest BCUT2D eigenvalue weighted by atomic mass is 16.5. The predicted octanol–water partition coefficient (Wildman–Crippen LogP) is 4.13. The van der Waals surface area contributed by atoms with E-state index in [-0.39, 0.29) is 22.4 Å². The molecule has 1 saturated heterocycles. The van der Waals surface area contributed by atoms with E-state index in [0.717, 1.165) is 48.3 Å². The average molecular weight is 436 g/mol. The highest BCUT2D eigenvalue weighted by molar-refractivity contribution is 5.95. The number of benzene rings is 1. The predicted molar refractivity (Wildman–Crippen MR) is 122 cm³/mol. The van der Waals surface area contributed by atoms with Crippen LogP contribution in [0.3, 0.4) is 0 Å². The quantitative estimate of drug-likeness (QED) is 0.666. The molecule has 0 spiro atoms. The molecule has 0 bridgehead atoms. The van der Waals surface area contributed by atoms with Gasteiger partial charge in [-0.15, -0.1) is 0 Å². The molecule has 3 aromatic rings. The highest BCUT2D eigenvalue weighted by Crippen LogP contribution is 2.42. The normalized spacial score (nSPS) is 19.3. The van der Waals surface area contributed by atoms with Crippen LogP contribution in [0.2, 0.25) is 0 Å². The first-order chi connectivity index (χ1) is 15.1. The van der Waals surface area contributed by atoms with Crippen molar-refractivity contribution < 1.29 is 14.6 Å². The summed E-state index contributed by atoms with van der Waals surface area (Å²) in [7, 11) is 0. The zero-order chi connectivity index (χ0) is 22.8. The molecule has 1 N–H and O–H groups in total. The summed E-state index contributed by atoms with van der Waals surface area (Å²) in [5.41, 5.74) is 3.16. The summed E-state index contributed by atoms with van der Waals surface area (Å²) in [6, 6.07) is 7.65. The molecule has 168 valence electrons. The minimum atomic E-state index is -1.20. The largest absolute Gasteiger partial charge is 0.477 e. The number of aromatic nitrogens is 3. The minimum absolute atomic E-state index is 0.0347. The molecule has 2 aliphatic rings. The number of rotatable bonds is 4. The van der Waals surface area contributed by atoms with Gasteiger partial charge in [-0.25, -0.2) is 4.79 Å². The summed E-state index contributed by atoms with van der Waals surface area (Å²) in [6.45, 7) is 10.9. The molecule has 0 amide bonds. The lowest BCUT2D eigenvalue weighted by atomic mass is 9.82. The van der Waals surface area contributed by atoms with Gasteiger partial charge >= 0.3 is 5.97 Å². The van der Waals surface area contributed by atoms with Crippen LogP contribution >= 0.6 is 0 Å². The molecule has 2 aromatic heterocycles. The van der Waals surface area contributed by atoms with Gasteiger partial charge < -0.3 is 14.4 Å². The van der Waals surface area contributed by atoms with Gasteiger partial charge in [-0.3, -0.25) is 9.48 Å². The van der Waals surface area contributed by atoms with Crippen molar-refractivity contribution >= 4 is 16.9 Å². The van der Waals surface area contributed by atoms with Crippen molar-refractivity contribution in [3.63, 3.8) is 0 Å². The van der Waals surface area contributed by atoms with Crippen LogP contribution in [0.4, 0.5) is 0 Å². The summed E-state index contributed by atoms with van der Waals surface area (Å²) >= 11 is 0. The first-order valence-electron chi connectivity index (χ1n) is 11.1. The van der Waals surface area contributed by atoms with Crippen molar-refractivity contribution in [3.8, 4) is 11.4 Å². The van der Waals surface area contributed by atoms with E-state index in [9.17, 15) is 14.7 Å². The lowest BCUT2D eigenvalue weighted by Gasteiger charge is -2.38. The molecule has 0 radical (unpaired) electrons. The summed E-state index contributed by atoms with van der Waals surface area (Å²) in [5.74, 6) is -1.20. The van der Waals surface area contributed by atoms with Crippen LogP contribution in [0.15, 0.2) is 35.3 Å². The van der Waals surface area contributed by atoms with Crippen LogP contribution in [0.1, 0.15) is 56.1 Å². The van der Waals surface area contributed by atoms with Gasteiger partial charge in [0.25, 0.3) is 0 Å². The first-order valence-corrected chi connectivity index (χ1v) is 11.1. The standard InChI is InChI=1S/C25H29N3O4/c1-24(2,3)20-12-28-22(18-10-19(29)17(23(30)31)11-27(18)20)16-7-5-6-15(21(16)26-28)8-9-25(4)13-32-14-25/h5-7,10-11,20H,8-9,12-14H2,1-4H3,(H,30,31). The van der Waals surface area contributed by atoms with E-state index >= 15 is 0 Å². The third-order valence-corrected chi connectivity index (χ3v) is 6.99. The SMILES string of the molecule is CC1(CCc2cccc3c4n(nc23)CC(C(C)(C)C)n2cc(C(=O)O)c(=O)cc2-4)COC1. The van der Waals surface area contributed by atoms with Crippen LogP contribution in [0.25, 0.3) is 22.3 Å². The van der Waals surface area contributed by atoms with Crippen LogP contribution in [-0.4, -0.2) is 38.6 Å². The van der Waals surface area contributed by atoms with E-state index in [1.165, 1.54) is 17.8 Å². The number of nitrogens with zero attached hydrogens (tertiary/aromatic N) is 3.